The van der Waals surface area contributed by atoms with Crippen molar-refractivity contribution in [1.82, 2.24) is 0 Å². The average molecular weight is 300 g/mol. The van der Waals surface area contributed by atoms with Gasteiger partial charge in [0.2, 0.25) is 0 Å². The monoisotopic (exact) mass is 300 g/mol. The molecule has 0 N–H and O–H groups in total. The second-order valence-corrected chi connectivity index (χ2v) is 5.35. The molecule has 0 aliphatic rings. The molecule has 0 aromatic heterocycles. The standard InChI is InChI=1S/C17H32O4/c1-3-5-6-7-8-9-10-11-15-21-17(19)14-12-13-16(18)20-4-2/h3-15H2,1-2H3. The smallest absolute Gasteiger partial charge is 0.305 e. The van der Waals surface area contributed by atoms with Gasteiger partial charge in [0.05, 0.1) is 13.2 Å². The maximum Gasteiger partial charge on any atom is 0.305 e. The van der Waals surface area contributed by atoms with Gasteiger partial charge in [-0.2, -0.15) is 0 Å². The highest BCUT2D eigenvalue weighted by Gasteiger charge is 2.06. The van der Waals surface area contributed by atoms with E-state index in [2.05, 4.69) is 6.92 Å². The maximum absolute atomic E-state index is 11.4. The van der Waals surface area contributed by atoms with Gasteiger partial charge >= 0.3 is 11.9 Å². The van der Waals surface area contributed by atoms with E-state index in [0.29, 0.717) is 32.5 Å². The second kappa shape index (κ2) is 15.3. The molecule has 4 nitrogen and oxygen atoms in total. The first-order valence-corrected chi connectivity index (χ1v) is 8.52. The van der Waals surface area contributed by atoms with Crippen LogP contribution in [0.3, 0.4) is 0 Å². The van der Waals surface area contributed by atoms with E-state index < -0.39 is 0 Å². The Kier molecular flexibility index (Phi) is 14.6. The number of hydrogen-bond donors (Lipinski definition) is 0. The Bertz CT molecular complexity index is 264. The summed E-state index contributed by atoms with van der Waals surface area (Å²) in [4.78, 5) is 22.5. The van der Waals surface area contributed by atoms with Crippen molar-refractivity contribution in [1.29, 1.82) is 0 Å². The first kappa shape index (κ1) is 19.9. The Morgan fingerprint density at radius 2 is 1.19 bits per heavy atom. The SMILES string of the molecule is CCCCCCCCCCOC(=O)CCCC(=O)OCC. The van der Waals surface area contributed by atoms with Crippen LogP contribution < -0.4 is 0 Å². The van der Waals surface area contributed by atoms with Gasteiger partial charge in [0.25, 0.3) is 0 Å². The molecule has 0 aliphatic heterocycles. The van der Waals surface area contributed by atoms with Crippen LogP contribution in [0.2, 0.25) is 0 Å². The lowest BCUT2D eigenvalue weighted by Crippen LogP contribution is -2.08. The number of carbonyl (C=O) groups is 2. The van der Waals surface area contributed by atoms with E-state index in [1.54, 1.807) is 6.92 Å². The van der Waals surface area contributed by atoms with E-state index in [1.165, 1.54) is 38.5 Å². The van der Waals surface area contributed by atoms with Crippen molar-refractivity contribution < 1.29 is 19.1 Å². The summed E-state index contributed by atoms with van der Waals surface area (Å²) in [5.41, 5.74) is 0. The van der Waals surface area contributed by atoms with Crippen molar-refractivity contribution >= 4 is 11.9 Å². The lowest BCUT2D eigenvalue weighted by molar-refractivity contribution is -0.145. The third kappa shape index (κ3) is 15.2. The van der Waals surface area contributed by atoms with Gasteiger partial charge in [-0.25, -0.2) is 0 Å². The zero-order valence-electron chi connectivity index (χ0n) is 13.8. The van der Waals surface area contributed by atoms with Crippen LogP contribution in [0.4, 0.5) is 0 Å². The number of esters is 2. The predicted octanol–water partition coefficient (Wildman–Crippen LogP) is 4.40. The van der Waals surface area contributed by atoms with Gasteiger partial charge in [0, 0.05) is 12.8 Å². The first-order valence-electron chi connectivity index (χ1n) is 8.52. The van der Waals surface area contributed by atoms with Gasteiger partial charge in [0.15, 0.2) is 0 Å². The predicted molar refractivity (Wildman–Crippen MR) is 84.1 cm³/mol. The highest BCUT2D eigenvalue weighted by molar-refractivity contribution is 5.72. The molecule has 0 saturated carbocycles. The molecule has 0 spiro atoms. The summed E-state index contributed by atoms with van der Waals surface area (Å²) in [6.45, 7) is 4.89. The summed E-state index contributed by atoms with van der Waals surface area (Å²) in [5, 5.41) is 0. The Labute approximate surface area is 129 Å². The lowest BCUT2D eigenvalue weighted by atomic mass is 10.1. The van der Waals surface area contributed by atoms with Crippen LogP contribution in [-0.2, 0) is 19.1 Å². The van der Waals surface area contributed by atoms with Crippen molar-refractivity contribution in [3.63, 3.8) is 0 Å². The van der Waals surface area contributed by atoms with Crippen LogP contribution in [0.15, 0.2) is 0 Å². The van der Waals surface area contributed by atoms with Gasteiger partial charge in [0.1, 0.15) is 0 Å². The second-order valence-electron chi connectivity index (χ2n) is 5.35. The Balaban J connectivity index is 3.24. The molecule has 0 fully saturated rings. The fourth-order valence-electron chi connectivity index (χ4n) is 2.10. The lowest BCUT2D eigenvalue weighted by Gasteiger charge is -2.05. The molecule has 0 heterocycles. The van der Waals surface area contributed by atoms with Crippen molar-refractivity contribution in [2.24, 2.45) is 0 Å². The van der Waals surface area contributed by atoms with E-state index in [0.717, 1.165) is 12.8 Å². The summed E-state index contributed by atoms with van der Waals surface area (Å²) in [6.07, 6.45) is 11.0. The topological polar surface area (TPSA) is 52.6 Å². The zero-order valence-corrected chi connectivity index (χ0v) is 13.8. The van der Waals surface area contributed by atoms with Crippen molar-refractivity contribution in [2.45, 2.75) is 84.5 Å². The van der Waals surface area contributed by atoms with Gasteiger partial charge in [-0.15, -0.1) is 0 Å². The third-order valence-electron chi connectivity index (χ3n) is 3.33. The summed E-state index contributed by atoms with van der Waals surface area (Å²) in [7, 11) is 0. The van der Waals surface area contributed by atoms with Crippen LogP contribution in [0.25, 0.3) is 0 Å². The minimum Gasteiger partial charge on any atom is -0.466 e. The molecular formula is C17H32O4. The fourth-order valence-corrected chi connectivity index (χ4v) is 2.10. The minimum atomic E-state index is -0.242. The zero-order chi connectivity index (χ0) is 15.8. The molecule has 0 aromatic carbocycles. The summed E-state index contributed by atoms with van der Waals surface area (Å²) < 4.78 is 9.93. The molecule has 0 rings (SSSR count). The summed E-state index contributed by atoms with van der Waals surface area (Å²) in [6, 6.07) is 0. The van der Waals surface area contributed by atoms with E-state index in [4.69, 9.17) is 9.47 Å². The average Bonchev–Trinajstić information content (AvgIpc) is 2.46. The third-order valence-corrected chi connectivity index (χ3v) is 3.33. The van der Waals surface area contributed by atoms with E-state index >= 15 is 0 Å². The molecule has 124 valence electrons. The molecule has 4 heteroatoms. The van der Waals surface area contributed by atoms with Crippen molar-refractivity contribution in [3.05, 3.63) is 0 Å². The Morgan fingerprint density at radius 1 is 0.667 bits per heavy atom. The van der Waals surface area contributed by atoms with Crippen molar-refractivity contribution in [2.75, 3.05) is 13.2 Å². The molecule has 0 saturated heterocycles. The number of hydrogen-bond acceptors (Lipinski definition) is 4. The summed E-state index contributed by atoms with van der Waals surface area (Å²) in [5.74, 6) is -0.449. The maximum atomic E-state index is 11.4. The molecule has 0 atom stereocenters. The number of carbonyl (C=O) groups excluding carboxylic acids is 2. The van der Waals surface area contributed by atoms with Crippen LogP contribution in [0, 0.1) is 0 Å². The Morgan fingerprint density at radius 3 is 1.76 bits per heavy atom. The molecule has 0 bridgehead atoms. The van der Waals surface area contributed by atoms with Crippen LogP contribution in [0.1, 0.15) is 84.5 Å². The van der Waals surface area contributed by atoms with Crippen LogP contribution >= 0.6 is 0 Å². The van der Waals surface area contributed by atoms with E-state index in [-0.39, 0.29) is 11.9 Å². The van der Waals surface area contributed by atoms with Gasteiger partial charge in [-0.3, -0.25) is 9.59 Å². The molecule has 0 amide bonds. The van der Waals surface area contributed by atoms with Crippen molar-refractivity contribution in [3.8, 4) is 0 Å². The largest absolute Gasteiger partial charge is 0.466 e. The number of unbranched alkanes of at least 4 members (excludes halogenated alkanes) is 7. The van der Waals surface area contributed by atoms with Crippen LogP contribution in [0.5, 0.6) is 0 Å². The number of ether oxygens (including phenoxy) is 2. The highest BCUT2D eigenvalue weighted by atomic mass is 16.5. The number of rotatable bonds is 14. The molecule has 0 radical (unpaired) electrons. The molecule has 0 aromatic rings. The van der Waals surface area contributed by atoms with E-state index in [1.807, 2.05) is 0 Å². The molecule has 0 unspecified atom stereocenters. The Hall–Kier alpha value is -1.06. The van der Waals surface area contributed by atoms with Crippen LogP contribution in [-0.4, -0.2) is 25.2 Å². The van der Waals surface area contributed by atoms with Gasteiger partial charge < -0.3 is 9.47 Å². The quantitative estimate of drug-likeness (QED) is 0.352. The van der Waals surface area contributed by atoms with Gasteiger partial charge in [-0.05, 0) is 19.8 Å². The fraction of sp³-hybridized carbons (Fsp3) is 0.882. The molecular weight excluding hydrogens is 268 g/mol. The normalized spacial score (nSPS) is 10.4. The first-order chi connectivity index (χ1) is 10.2. The molecule has 0 aliphatic carbocycles. The van der Waals surface area contributed by atoms with Gasteiger partial charge in [-0.1, -0.05) is 51.9 Å². The summed E-state index contributed by atoms with van der Waals surface area (Å²) >= 11 is 0. The highest BCUT2D eigenvalue weighted by Crippen LogP contribution is 2.08. The molecule has 21 heavy (non-hydrogen) atoms. The minimum absolute atomic E-state index is 0.206. The van der Waals surface area contributed by atoms with E-state index in [9.17, 15) is 9.59 Å².